The molecule has 0 amide bonds. The van der Waals surface area contributed by atoms with E-state index in [1.54, 1.807) is 24.3 Å². The van der Waals surface area contributed by atoms with E-state index in [4.69, 9.17) is 10.5 Å². The second-order valence-electron chi connectivity index (χ2n) is 4.35. The number of hydrogen-bond donors (Lipinski definition) is 1. The van der Waals surface area contributed by atoms with Gasteiger partial charge in [-0.15, -0.1) is 11.8 Å². The van der Waals surface area contributed by atoms with Gasteiger partial charge in [0, 0.05) is 22.4 Å². The summed E-state index contributed by atoms with van der Waals surface area (Å²) in [5.41, 5.74) is 5.84. The highest BCUT2D eigenvalue weighted by Crippen LogP contribution is 2.37. The second kappa shape index (κ2) is 6.30. The van der Waals surface area contributed by atoms with E-state index in [2.05, 4.69) is 0 Å². The van der Waals surface area contributed by atoms with Crippen molar-refractivity contribution in [1.29, 1.82) is 0 Å². The molecule has 0 atom stereocenters. The number of ether oxygens (including phenoxy) is 1. The average Bonchev–Trinajstić information content (AvgIpc) is 2.45. The van der Waals surface area contributed by atoms with Crippen molar-refractivity contribution < 1.29 is 17.9 Å². The van der Waals surface area contributed by atoms with E-state index in [9.17, 15) is 13.2 Å². The normalized spacial score (nSPS) is 11.4. The Balaban J connectivity index is 2.21. The zero-order chi connectivity index (χ0) is 15.5. The molecule has 2 aromatic carbocycles. The maximum atomic E-state index is 12.9. The zero-order valence-electron chi connectivity index (χ0n) is 11.3. The van der Waals surface area contributed by atoms with Gasteiger partial charge in [-0.3, -0.25) is 0 Å². The molecule has 0 bridgehead atoms. The molecule has 2 aromatic rings. The standard InChI is InChI=1S/C15H14F3NOS/c1-20-13-8-11(19)6-7-14(13)21-9-10-4-2-3-5-12(10)15(16,17)18/h2-8H,9,19H2,1H3. The van der Waals surface area contributed by atoms with Crippen LogP contribution in [0.2, 0.25) is 0 Å². The van der Waals surface area contributed by atoms with E-state index in [1.807, 2.05) is 0 Å². The molecule has 112 valence electrons. The van der Waals surface area contributed by atoms with Crippen molar-refractivity contribution in [3.8, 4) is 5.75 Å². The molecule has 0 heterocycles. The fourth-order valence-corrected chi connectivity index (χ4v) is 2.89. The van der Waals surface area contributed by atoms with Gasteiger partial charge in [0.05, 0.1) is 12.7 Å². The highest BCUT2D eigenvalue weighted by atomic mass is 32.2. The minimum atomic E-state index is -4.34. The van der Waals surface area contributed by atoms with Gasteiger partial charge >= 0.3 is 6.18 Å². The Morgan fingerprint density at radius 3 is 2.52 bits per heavy atom. The molecule has 2 nitrogen and oxygen atoms in total. The van der Waals surface area contributed by atoms with Gasteiger partial charge in [0.2, 0.25) is 0 Å². The number of rotatable bonds is 4. The van der Waals surface area contributed by atoms with E-state index in [-0.39, 0.29) is 11.3 Å². The summed E-state index contributed by atoms with van der Waals surface area (Å²) in [6, 6.07) is 10.7. The molecule has 2 N–H and O–H groups in total. The lowest BCUT2D eigenvalue weighted by Gasteiger charge is -2.13. The highest BCUT2D eigenvalue weighted by molar-refractivity contribution is 7.98. The Bertz CT molecular complexity index is 629. The van der Waals surface area contributed by atoms with E-state index in [0.717, 1.165) is 11.0 Å². The Hall–Kier alpha value is -1.82. The predicted molar refractivity (Wildman–Crippen MR) is 78.4 cm³/mol. The minimum Gasteiger partial charge on any atom is -0.496 e. The summed E-state index contributed by atoms with van der Waals surface area (Å²) in [4.78, 5) is 0.753. The first kappa shape index (κ1) is 15.6. The fourth-order valence-electron chi connectivity index (χ4n) is 1.88. The first-order valence-electron chi connectivity index (χ1n) is 6.13. The molecule has 0 fully saturated rings. The molecule has 0 saturated heterocycles. The van der Waals surface area contributed by atoms with Crippen LogP contribution in [0.25, 0.3) is 0 Å². The number of nitrogen functional groups attached to an aromatic ring is 1. The second-order valence-corrected chi connectivity index (χ2v) is 5.37. The number of methoxy groups -OCH3 is 1. The molecule has 6 heteroatoms. The first-order valence-corrected chi connectivity index (χ1v) is 7.12. The van der Waals surface area contributed by atoms with Gasteiger partial charge < -0.3 is 10.5 Å². The lowest BCUT2D eigenvalue weighted by atomic mass is 10.1. The van der Waals surface area contributed by atoms with Crippen LogP contribution in [0.5, 0.6) is 5.75 Å². The van der Waals surface area contributed by atoms with Crippen molar-refractivity contribution in [2.45, 2.75) is 16.8 Å². The van der Waals surface area contributed by atoms with E-state index >= 15 is 0 Å². The Labute approximate surface area is 125 Å². The Morgan fingerprint density at radius 2 is 1.86 bits per heavy atom. The molecular weight excluding hydrogens is 299 g/mol. The number of anilines is 1. The molecule has 0 unspecified atom stereocenters. The topological polar surface area (TPSA) is 35.2 Å². The van der Waals surface area contributed by atoms with Gasteiger partial charge in [0.25, 0.3) is 0 Å². The molecule has 2 rings (SSSR count). The van der Waals surface area contributed by atoms with Crippen molar-refractivity contribution in [3.05, 3.63) is 53.6 Å². The third-order valence-electron chi connectivity index (χ3n) is 2.89. The van der Waals surface area contributed by atoms with Crippen LogP contribution in [0.15, 0.2) is 47.4 Å². The summed E-state index contributed by atoms with van der Waals surface area (Å²) in [6.45, 7) is 0. The van der Waals surface area contributed by atoms with Crippen molar-refractivity contribution in [1.82, 2.24) is 0 Å². The Morgan fingerprint density at radius 1 is 1.14 bits per heavy atom. The Kier molecular flexibility index (Phi) is 4.67. The van der Waals surface area contributed by atoms with Crippen LogP contribution in [0, 0.1) is 0 Å². The fraction of sp³-hybridized carbons (Fsp3) is 0.200. The highest BCUT2D eigenvalue weighted by Gasteiger charge is 2.32. The summed E-state index contributed by atoms with van der Waals surface area (Å²) in [5, 5.41) is 0. The molecular formula is C15H14F3NOS. The molecule has 0 spiro atoms. The number of hydrogen-bond acceptors (Lipinski definition) is 3. The summed E-state index contributed by atoms with van der Waals surface area (Å²) in [6.07, 6.45) is -4.34. The van der Waals surface area contributed by atoms with Crippen molar-refractivity contribution >= 4 is 17.4 Å². The largest absolute Gasteiger partial charge is 0.496 e. The van der Waals surface area contributed by atoms with Crippen LogP contribution in [0.4, 0.5) is 18.9 Å². The van der Waals surface area contributed by atoms with Crippen LogP contribution in [-0.2, 0) is 11.9 Å². The molecule has 0 aliphatic heterocycles. The first-order chi connectivity index (χ1) is 9.91. The number of benzene rings is 2. The smallest absolute Gasteiger partial charge is 0.416 e. The minimum absolute atomic E-state index is 0.204. The number of halogens is 3. The molecule has 0 aliphatic rings. The van der Waals surface area contributed by atoms with Gasteiger partial charge in [-0.2, -0.15) is 13.2 Å². The third kappa shape index (κ3) is 3.85. The summed E-state index contributed by atoms with van der Waals surface area (Å²) < 4.78 is 44.0. The van der Waals surface area contributed by atoms with E-state index in [0.29, 0.717) is 11.4 Å². The van der Waals surface area contributed by atoms with Gasteiger partial charge in [-0.1, -0.05) is 18.2 Å². The lowest BCUT2D eigenvalue weighted by molar-refractivity contribution is -0.138. The van der Waals surface area contributed by atoms with Crippen LogP contribution in [-0.4, -0.2) is 7.11 Å². The number of thioether (sulfide) groups is 1. The monoisotopic (exact) mass is 313 g/mol. The molecule has 0 aromatic heterocycles. The SMILES string of the molecule is COc1cc(N)ccc1SCc1ccccc1C(F)(F)F. The van der Waals surface area contributed by atoms with Crippen molar-refractivity contribution in [2.75, 3.05) is 12.8 Å². The number of nitrogens with two attached hydrogens (primary N) is 1. The zero-order valence-corrected chi connectivity index (χ0v) is 12.1. The van der Waals surface area contributed by atoms with Crippen LogP contribution >= 0.6 is 11.8 Å². The quantitative estimate of drug-likeness (QED) is 0.662. The van der Waals surface area contributed by atoms with Gasteiger partial charge in [0.1, 0.15) is 5.75 Å². The summed E-state index contributed by atoms with van der Waals surface area (Å²) in [7, 11) is 1.50. The van der Waals surface area contributed by atoms with Crippen molar-refractivity contribution in [3.63, 3.8) is 0 Å². The van der Waals surface area contributed by atoms with Crippen LogP contribution < -0.4 is 10.5 Å². The predicted octanol–water partition coefficient (Wildman–Crippen LogP) is 4.59. The lowest BCUT2D eigenvalue weighted by Crippen LogP contribution is -2.08. The third-order valence-corrected chi connectivity index (χ3v) is 4.00. The molecule has 0 aliphatic carbocycles. The number of alkyl halides is 3. The van der Waals surface area contributed by atoms with Gasteiger partial charge in [-0.05, 0) is 23.8 Å². The average molecular weight is 313 g/mol. The summed E-state index contributed by atoms with van der Waals surface area (Å²) in [5.74, 6) is 0.764. The van der Waals surface area contributed by atoms with Crippen molar-refractivity contribution in [2.24, 2.45) is 0 Å². The van der Waals surface area contributed by atoms with Crippen LogP contribution in [0.3, 0.4) is 0 Å². The molecule has 0 radical (unpaired) electrons. The van der Waals surface area contributed by atoms with Crippen LogP contribution in [0.1, 0.15) is 11.1 Å². The maximum Gasteiger partial charge on any atom is 0.416 e. The van der Waals surface area contributed by atoms with Gasteiger partial charge in [-0.25, -0.2) is 0 Å². The summed E-state index contributed by atoms with van der Waals surface area (Å²) >= 11 is 1.28. The molecule has 21 heavy (non-hydrogen) atoms. The maximum absolute atomic E-state index is 12.9. The van der Waals surface area contributed by atoms with Gasteiger partial charge in [0.15, 0.2) is 0 Å². The molecule has 0 saturated carbocycles. The van der Waals surface area contributed by atoms with E-state index in [1.165, 1.54) is 31.0 Å². The van der Waals surface area contributed by atoms with E-state index < -0.39 is 11.7 Å².